The molecule has 0 bridgehead atoms. The summed E-state index contributed by atoms with van der Waals surface area (Å²) in [5.74, 6) is 0.169. The normalized spacial score (nSPS) is 22.4. The average Bonchev–Trinajstić information content (AvgIpc) is 2.29. The molecule has 0 saturated carbocycles. The van der Waals surface area contributed by atoms with Crippen LogP contribution in [-0.4, -0.2) is 49.1 Å². The fourth-order valence-electron chi connectivity index (χ4n) is 2.07. The molecule has 1 amide bonds. The van der Waals surface area contributed by atoms with Gasteiger partial charge in [0, 0.05) is 31.7 Å². The predicted molar refractivity (Wildman–Crippen MR) is 66.4 cm³/mol. The number of hydrogen-bond donors (Lipinski definition) is 2. The molecule has 1 rings (SSSR count). The molecule has 0 spiro atoms. The van der Waals surface area contributed by atoms with Crippen LogP contribution >= 0.6 is 0 Å². The molecular formula is C12H25N3O. The third kappa shape index (κ3) is 4.10. The molecule has 1 fully saturated rings. The number of piperazine rings is 1. The Balaban J connectivity index is 2.32. The Morgan fingerprint density at radius 1 is 1.50 bits per heavy atom. The minimum absolute atomic E-state index is 0.169. The molecule has 1 aliphatic rings. The van der Waals surface area contributed by atoms with Crippen molar-refractivity contribution in [2.75, 3.05) is 26.2 Å². The molecule has 1 aliphatic heterocycles. The van der Waals surface area contributed by atoms with E-state index in [1.165, 1.54) is 0 Å². The van der Waals surface area contributed by atoms with Gasteiger partial charge in [-0.3, -0.25) is 9.69 Å². The van der Waals surface area contributed by atoms with Gasteiger partial charge in [-0.15, -0.1) is 0 Å². The Hall–Kier alpha value is -0.610. The van der Waals surface area contributed by atoms with Crippen molar-refractivity contribution in [1.29, 1.82) is 0 Å². The number of amides is 1. The Labute approximate surface area is 98.8 Å². The first kappa shape index (κ1) is 13.5. The molecule has 4 nitrogen and oxygen atoms in total. The van der Waals surface area contributed by atoms with E-state index in [2.05, 4.69) is 36.3 Å². The summed E-state index contributed by atoms with van der Waals surface area (Å²) < 4.78 is 0. The number of nitrogens with zero attached hydrogens (tertiary/aromatic N) is 1. The number of rotatable bonds is 5. The van der Waals surface area contributed by atoms with E-state index >= 15 is 0 Å². The Morgan fingerprint density at radius 2 is 2.19 bits per heavy atom. The first-order chi connectivity index (χ1) is 7.67. The maximum absolute atomic E-state index is 11.8. The van der Waals surface area contributed by atoms with Gasteiger partial charge in [0.05, 0.1) is 6.54 Å². The van der Waals surface area contributed by atoms with Gasteiger partial charge in [0.2, 0.25) is 5.91 Å². The van der Waals surface area contributed by atoms with Crippen LogP contribution in [0, 0.1) is 0 Å². The zero-order chi connectivity index (χ0) is 12.0. The highest BCUT2D eigenvalue weighted by Gasteiger charge is 2.20. The molecule has 1 saturated heterocycles. The molecule has 16 heavy (non-hydrogen) atoms. The SMILES string of the molecule is CCC(CC)NC(=O)CN1CCNC[C@@H]1C. The van der Waals surface area contributed by atoms with Crippen molar-refractivity contribution in [3.8, 4) is 0 Å². The van der Waals surface area contributed by atoms with Crippen LogP contribution in [0.4, 0.5) is 0 Å². The lowest BCUT2D eigenvalue weighted by molar-refractivity contribution is -0.123. The summed E-state index contributed by atoms with van der Waals surface area (Å²) in [4.78, 5) is 14.1. The minimum Gasteiger partial charge on any atom is -0.352 e. The summed E-state index contributed by atoms with van der Waals surface area (Å²) in [5.41, 5.74) is 0. The van der Waals surface area contributed by atoms with Gasteiger partial charge in [-0.25, -0.2) is 0 Å². The fraction of sp³-hybridized carbons (Fsp3) is 0.917. The average molecular weight is 227 g/mol. The molecule has 94 valence electrons. The van der Waals surface area contributed by atoms with Gasteiger partial charge >= 0.3 is 0 Å². The summed E-state index contributed by atoms with van der Waals surface area (Å²) in [6, 6.07) is 0.798. The van der Waals surface area contributed by atoms with Gasteiger partial charge in [-0.1, -0.05) is 13.8 Å². The molecule has 0 radical (unpaired) electrons. The summed E-state index contributed by atoms with van der Waals surface area (Å²) in [6.07, 6.45) is 2.03. The maximum Gasteiger partial charge on any atom is 0.234 e. The lowest BCUT2D eigenvalue weighted by Crippen LogP contribution is -2.53. The fourth-order valence-corrected chi connectivity index (χ4v) is 2.07. The Morgan fingerprint density at radius 3 is 2.75 bits per heavy atom. The number of hydrogen-bond acceptors (Lipinski definition) is 3. The zero-order valence-electron chi connectivity index (χ0n) is 10.8. The van der Waals surface area contributed by atoms with E-state index in [0.29, 0.717) is 18.6 Å². The van der Waals surface area contributed by atoms with Gasteiger partial charge in [0.25, 0.3) is 0 Å². The van der Waals surface area contributed by atoms with Gasteiger partial charge < -0.3 is 10.6 Å². The Kier molecular flexibility index (Phi) is 5.77. The van der Waals surface area contributed by atoms with E-state index in [1.807, 2.05) is 0 Å². The lowest BCUT2D eigenvalue weighted by Gasteiger charge is -2.33. The van der Waals surface area contributed by atoms with Crippen LogP contribution in [0.25, 0.3) is 0 Å². The van der Waals surface area contributed by atoms with Crippen LogP contribution in [0.3, 0.4) is 0 Å². The van der Waals surface area contributed by atoms with Gasteiger partial charge in [-0.2, -0.15) is 0 Å². The van der Waals surface area contributed by atoms with Crippen LogP contribution < -0.4 is 10.6 Å². The van der Waals surface area contributed by atoms with E-state index in [0.717, 1.165) is 32.5 Å². The standard InChI is InChI=1S/C12H25N3O/c1-4-11(5-2)14-12(16)9-15-7-6-13-8-10(15)3/h10-11,13H,4-9H2,1-3H3,(H,14,16)/t10-/m0/s1. The third-order valence-electron chi connectivity index (χ3n) is 3.34. The van der Waals surface area contributed by atoms with Crippen molar-refractivity contribution in [2.24, 2.45) is 0 Å². The molecular weight excluding hydrogens is 202 g/mol. The summed E-state index contributed by atoms with van der Waals surface area (Å²) >= 11 is 0. The van der Waals surface area contributed by atoms with E-state index in [-0.39, 0.29) is 5.91 Å². The second-order valence-electron chi connectivity index (χ2n) is 4.60. The van der Waals surface area contributed by atoms with Crippen molar-refractivity contribution >= 4 is 5.91 Å². The predicted octanol–water partition coefficient (Wildman–Crippen LogP) is 0.585. The lowest BCUT2D eigenvalue weighted by atomic mass is 10.1. The van der Waals surface area contributed by atoms with Gasteiger partial charge in [0.15, 0.2) is 0 Å². The van der Waals surface area contributed by atoms with E-state index in [9.17, 15) is 4.79 Å². The molecule has 0 aromatic rings. The molecule has 0 aliphatic carbocycles. The molecule has 0 aromatic heterocycles. The topological polar surface area (TPSA) is 44.4 Å². The molecule has 4 heteroatoms. The van der Waals surface area contributed by atoms with Crippen molar-refractivity contribution in [2.45, 2.75) is 45.7 Å². The van der Waals surface area contributed by atoms with E-state index in [1.54, 1.807) is 0 Å². The zero-order valence-corrected chi connectivity index (χ0v) is 10.8. The molecule has 1 atom stereocenters. The van der Waals surface area contributed by atoms with Crippen LogP contribution in [0.15, 0.2) is 0 Å². The van der Waals surface area contributed by atoms with Gasteiger partial charge in [0.1, 0.15) is 0 Å². The summed E-state index contributed by atoms with van der Waals surface area (Å²) in [7, 11) is 0. The minimum atomic E-state index is 0.169. The number of carbonyl (C=O) groups excluding carboxylic acids is 1. The summed E-state index contributed by atoms with van der Waals surface area (Å²) in [5, 5.41) is 6.41. The first-order valence-electron chi connectivity index (χ1n) is 6.41. The second-order valence-corrected chi connectivity index (χ2v) is 4.60. The van der Waals surface area contributed by atoms with Crippen LogP contribution in [0.5, 0.6) is 0 Å². The quantitative estimate of drug-likeness (QED) is 0.722. The monoisotopic (exact) mass is 227 g/mol. The highest BCUT2D eigenvalue weighted by molar-refractivity contribution is 5.78. The van der Waals surface area contributed by atoms with E-state index in [4.69, 9.17) is 0 Å². The van der Waals surface area contributed by atoms with Crippen LogP contribution in [0.2, 0.25) is 0 Å². The Bertz CT molecular complexity index is 216. The number of nitrogens with one attached hydrogen (secondary N) is 2. The van der Waals surface area contributed by atoms with E-state index < -0.39 is 0 Å². The molecule has 1 heterocycles. The third-order valence-corrected chi connectivity index (χ3v) is 3.34. The summed E-state index contributed by atoms with van der Waals surface area (Å²) in [6.45, 7) is 9.87. The molecule has 0 unspecified atom stereocenters. The first-order valence-corrected chi connectivity index (χ1v) is 6.41. The van der Waals surface area contributed by atoms with Crippen molar-refractivity contribution in [3.63, 3.8) is 0 Å². The molecule has 2 N–H and O–H groups in total. The second kappa shape index (κ2) is 6.86. The number of carbonyl (C=O) groups is 1. The highest BCUT2D eigenvalue weighted by Crippen LogP contribution is 2.02. The van der Waals surface area contributed by atoms with Crippen LogP contribution in [-0.2, 0) is 4.79 Å². The maximum atomic E-state index is 11.8. The van der Waals surface area contributed by atoms with Crippen molar-refractivity contribution in [1.82, 2.24) is 15.5 Å². The highest BCUT2D eigenvalue weighted by atomic mass is 16.2. The largest absolute Gasteiger partial charge is 0.352 e. The van der Waals surface area contributed by atoms with Crippen molar-refractivity contribution < 1.29 is 4.79 Å². The van der Waals surface area contributed by atoms with Crippen molar-refractivity contribution in [3.05, 3.63) is 0 Å². The van der Waals surface area contributed by atoms with Crippen LogP contribution in [0.1, 0.15) is 33.6 Å². The molecule has 0 aromatic carbocycles. The van der Waals surface area contributed by atoms with Gasteiger partial charge in [-0.05, 0) is 19.8 Å². The smallest absolute Gasteiger partial charge is 0.234 e.